The molecule has 1 fully saturated rings. The molecule has 0 saturated carbocycles. The zero-order valence-electron chi connectivity index (χ0n) is 10.9. The van der Waals surface area contributed by atoms with Crippen LogP contribution < -0.4 is 5.73 Å². The van der Waals surface area contributed by atoms with Crippen molar-refractivity contribution in [1.29, 1.82) is 0 Å². The molecule has 1 atom stereocenters. The van der Waals surface area contributed by atoms with Gasteiger partial charge in [0.2, 0.25) is 0 Å². The molecule has 4 N–H and O–H groups in total. The van der Waals surface area contributed by atoms with Crippen molar-refractivity contribution < 1.29 is 9.90 Å². The van der Waals surface area contributed by atoms with Crippen LogP contribution in [0.15, 0.2) is 0 Å². The van der Waals surface area contributed by atoms with Gasteiger partial charge in [-0.05, 0) is 33.1 Å². The average molecular weight is 252 g/mol. The molecule has 1 aliphatic rings. The number of anilines is 1. The number of hydrogen-bond acceptors (Lipinski definition) is 4. The topological polar surface area (TPSA) is 95.2 Å². The number of aromatic amines is 1. The minimum Gasteiger partial charge on any atom is -0.395 e. The Morgan fingerprint density at radius 1 is 1.50 bits per heavy atom. The van der Waals surface area contributed by atoms with Gasteiger partial charge in [0, 0.05) is 13.1 Å². The molecule has 100 valence electrons. The number of carbonyl (C=O) groups is 1. The first-order valence-corrected chi connectivity index (χ1v) is 6.23. The van der Waals surface area contributed by atoms with E-state index in [1.54, 1.807) is 11.8 Å². The molecular formula is C12H20N4O2. The number of nitrogen functional groups attached to an aromatic ring is 1. The molecule has 0 aromatic carbocycles. The van der Waals surface area contributed by atoms with Crippen molar-refractivity contribution in [3.63, 3.8) is 0 Å². The zero-order chi connectivity index (χ0) is 13.3. The van der Waals surface area contributed by atoms with Gasteiger partial charge in [-0.3, -0.25) is 9.89 Å². The number of nitrogens with one attached hydrogen (secondary N) is 1. The number of amides is 1. The first kappa shape index (κ1) is 12.9. The second-order valence-corrected chi connectivity index (χ2v) is 5.25. The highest BCUT2D eigenvalue weighted by Crippen LogP contribution is 2.23. The van der Waals surface area contributed by atoms with Crippen LogP contribution in [0, 0.1) is 6.92 Å². The van der Waals surface area contributed by atoms with E-state index in [-0.39, 0.29) is 11.6 Å². The largest absolute Gasteiger partial charge is 0.395 e. The summed E-state index contributed by atoms with van der Waals surface area (Å²) in [6.45, 7) is 4.78. The summed E-state index contributed by atoms with van der Waals surface area (Å²) < 4.78 is 0. The molecule has 1 unspecified atom stereocenters. The lowest BCUT2D eigenvalue weighted by Gasteiger charge is -2.22. The first-order valence-electron chi connectivity index (χ1n) is 6.23. The highest BCUT2D eigenvalue weighted by molar-refractivity contribution is 5.97. The molecule has 2 rings (SSSR count). The van der Waals surface area contributed by atoms with E-state index >= 15 is 0 Å². The summed E-state index contributed by atoms with van der Waals surface area (Å²) in [6.07, 6.45) is 2.09. The van der Waals surface area contributed by atoms with E-state index in [1.807, 2.05) is 6.92 Å². The quantitative estimate of drug-likeness (QED) is 0.684. The van der Waals surface area contributed by atoms with Crippen molar-refractivity contribution in [1.82, 2.24) is 15.1 Å². The van der Waals surface area contributed by atoms with Gasteiger partial charge in [-0.1, -0.05) is 0 Å². The van der Waals surface area contributed by atoms with E-state index in [2.05, 4.69) is 10.2 Å². The van der Waals surface area contributed by atoms with Crippen molar-refractivity contribution in [2.24, 2.45) is 0 Å². The van der Waals surface area contributed by atoms with E-state index in [1.165, 1.54) is 0 Å². The number of aliphatic hydroxyl groups is 1. The molecule has 1 aliphatic heterocycles. The maximum Gasteiger partial charge on any atom is 0.276 e. The highest BCUT2D eigenvalue weighted by atomic mass is 16.3. The van der Waals surface area contributed by atoms with Gasteiger partial charge in [-0.25, -0.2) is 0 Å². The van der Waals surface area contributed by atoms with Gasteiger partial charge in [-0.2, -0.15) is 5.10 Å². The van der Waals surface area contributed by atoms with Crippen LogP contribution in [0.3, 0.4) is 0 Å². The fourth-order valence-corrected chi connectivity index (χ4v) is 2.22. The summed E-state index contributed by atoms with van der Waals surface area (Å²) in [4.78, 5) is 14.0. The second kappa shape index (κ2) is 4.61. The number of aromatic nitrogens is 2. The highest BCUT2D eigenvalue weighted by Gasteiger charge is 2.29. The van der Waals surface area contributed by atoms with Gasteiger partial charge in [0.15, 0.2) is 5.69 Å². The van der Waals surface area contributed by atoms with Crippen molar-refractivity contribution in [2.45, 2.75) is 38.7 Å². The molecule has 0 bridgehead atoms. The number of hydrogen-bond donors (Lipinski definition) is 3. The van der Waals surface area contributed by atoms with E-state index in [4.69, 9.17) is 5.73 Å². The van der Waals surface area contributed by atoms with Crippen LogP contribution in [-0.4, -0.2) is 44.8 Å². The molecule has 0 aliphatic carbocycles. The molecule has 0 spiro atoms. The second-order valence-electron chi connectivity index (χ2n) is 5.25. The summed E-state index contributed by atoms with van der Waals surface area (Å²) in [5.41, 5.74) is 6.54. The molecule has 18 heavy (non-hydrogen) atoms. The standard InChI is InChI=1S/C12H20N4O2/c1-8-9(13)10(15-14-8)11(17)16-6-3-4-12(2,18)5-7-16/h18H,3-7,13H2,1-2H3,(H,14,15). The van der Waals surface area contributed by atoms with Crippen LogP contribution in [-0.2, 0) is 0 Å². The number of H-pyrrole nitrogens is 1. The fourth-order valence-electron chi connectivity index (χ4n) is 2.22. The normalized spacial score (nSPS) is 24.9. The summed E-state index contributed by atoms with van der Waals surface area (Å²) in [7, 11) is 0. The number of aryl methyl sites for hydroxylation is 1. The minimum atomic E-state index is -0.679. The fraction of sp³-hybridized carbons (Fsp3) is 0.667. The Hall–Kier alpha value is -1.56. The molecule has 1 amide bonds. The van der Waals surface area contributed by atoms with E-state index in [9.17, 15) is 9.90 Å². The third-order valence-corrected chi connectivity index (χ3v) is 3.55. The predicted molar refractivity (Wildman–Crippen MR) is 68.1 cm³/mol. The van der Waals surface area contributed by atoms with E-state index in [0.29, 0.717) is 37.3 Å². The monoisotopic (exact) mass is 252 g/mol. The summed E-state index contributed by atoms with van der Waals surface area (Å²) in [5.74, 6) is -0.158. The van der Waals surface area contributed by atoms with Gasteiger partial charge >= 0.3 is 0 Å². The van der Waals surface area contributed by atoms with Crippen LogP contribution in [0.2, 0.25) is 0 Å². The van der Waals surface area contributed by atoms with Crippen molar-refractivity contribution in [3.8, 4) is 0 Å². The Labute approximate surface area is 106 Å². The average Bonchev–Trinajstić information content (AvgIpc) is 2.53. The smallest absolute Gasteiger partial charge is 0.276 e. The SMILES string of the molecule is Cc1[nH]nc(C(=O)N2CCCC(C)(O)CC2)c1N. The van der Waals surface area contributed by atoms with Crippen molar-refractivity contribution in [2.75, 3.05) is 18.8 Å². The minimum absolute atomic E-state index is 0.158. The predicted octanol–water partition coefficient (Wildman–Crippen LogP) is 0.677. The number of carbonyl (C=O) groups excluding carboxylic acids is 1. The zero-order valence-corrected chi connectivity index (χ0v) is 10.9. The summed E-state index contributed by atoms with van der Waals surface area (Å²) >= 11 is 0. The molecule has 0 radical (unpaired) electrons. The third-order valence-electron chi connectivity index (χ3n) is 3.55. The van der Waals surface area contributed by atoms with Crippen LogP contribution in [0.5, 0.6) is 0 Å². The molecule has 2 heterocycles. The Bertz CT molecular complexity index is 453. The molecule has 6 nitrogen and oxygen atoms in total. The maximum absolute atomic E-state index is 12.3. The number of rotatable bonds is 1. The Kier molecular flexibility index (Phi) is 3.30. The lowest BCUT2D eigenvalue weighted by atomic mass is 9.98. The van der Waals surface area contributed by atoms with E-state index < -0.39 is 5.60 Å². The summed E-state index contributed by atoms with van der Waals surface area (Å²) in [5, 5.41) is 16.7. The van der Waals surface area contributed by atoms with Crippen molar-refractivity contribution in [3.05, 3.63) is 11.4 Å². The molecular weight excluding hydrogens is 232 g/mol. The molecule has 1 saturated heterocycles. The van der Waals surface area contributed by atoms with Crippen molar-refractivity contribution >= 4 is 11.6 Å². The molecule has 1 aromatic heterocycles. The lowest BCUT2D eigenvalue weighted by Crippen LogP contribution is -2.34. The molecule has 1 aromatic rings. The lowest BCUT2D eigenvalue weighted by molar-refractivity contribution is 0.0437. The Morgan fingerprint density at radius 2 is 2.22 bits per heavy atom. The maximum atomic E-state index is 12.3. The number of nitrogens with two attached hydrogens (primary N) is 1. The third kappa shape index (κ3) is 2.48. The van der Waals surface area contributed by atoms with Crippen LogP contribution in [0.4, 0.5) is 5.69 Å². The van der Waals surface area contributed by atoms with Crippen LogP contribution in [0.25, 0.3) is 0 Å². The molecule has 6 heteroatoms. The first-order chi connectivity index (χ1) is 8.41. The van der Waals surface area contributed by atoms with E-state index in [0.717, 1.165) is 6.42 Å². The van der Waals surface area contributed by atoms with Gasteiger partial charge in [0.25, 0.3) is 5.91 Å². The van der Waals surface area contributed by atoms with Crippen LogP contribution >= 0.6 is 0 Å². The Morgan fingerprint density at radius 3 is 2.83 bits per heavy atom. The summed E-state index contributed by atoms with van der Waals surface area (Å²) in [6, 6.07) is 0. The van der Waals surface area contributed by atoms with Gasteiger partial charge in [0.1, 0.15) is 0 Å². The van der Waals surface area contributed by atoms with Gasteiger partial charge in [-0.15, -0.1) is 0 Å². The van der Waals surface area contributed by atoms with Gasteiger partial charge < -0.3 is 15.7 Å². The Balaban J connectivity index is 2.12. The number of nitrogens with zero attached hydrogens (tertiary/aromatic N) is 2. The number of likely N-dealkylation sites (tertiary alicyclic amines) is 1. The van der Waals surface area contributed by atoms with Gasteiger partial charge in [0.05, 0.1) is 17.0 Å². The van der Waals surface area contributed by atoms with Crippen LogP contribution in [0.1, 0.15) is 42.4 Å².